The first-order valence-corrected chi connectivity index (χ1v) is 11.8. The van der Waals surface area contributed by atoms with E-state index in [0.29, 0.717) is 31.8 Å². The van der Waals surface area contributed by atoms with E-state index in [1.54, 1.807) is 0 Å². The lowest BCUT2D eigenvalue weighted by Gasteiger charge is -2.40. The number of anilines is 1. The molecule has 4 amide bonds. The standard InChI is InChI=1S/C25H38N4O3/c1-6-28(20-9-7-8-18(2)16-20)15-14-26-21(30)17-29-22(31)25(27-23(29)32)12-10-19(11-13-25)24(3,4)5/h7-9,16,19H,6,10-15,17H2,1-5H3,(H,26,30)(H,27,32). The highest BCUT2D eigenvalue weighted by Crippen LogP contribution is 2.43. The minimum absolute atomic E-state index is 0.192. The van der Waals surface area contributed by atoms with Crippen molar-refractivity contribution >= 4 is 23.5 Å². The lowest BCUT2D eigenvalue weighted by molar-refractivity contribution is -0.136. The lowest BCUT2D eigenvalue weighted by atomic mass is 9.67. The summed E-state index contributed by atoms with van der Waals surface area (Å²) in [6, 6.07) is 7.80. The second-order valence-corrected chi connectivity index (χ2v) is 10.3. The molecule has 1 aliphatic carbocycles. The van der Waals surface area contributed by atoms with Crippen molar-refractivity contribution in [1.82, 2.24) is 15.5 Å². The molecule has 1 spiro atoms. The van der Waals surface area contributed by atoms with Gasteiger partial charge >= 0.3 is 6.03 Å². The Labute approximate surface area is 191 Å². The second kappa shape index (κ2) is 9.51. The zero-order valence-electron chi connectivity index (χ0n) is 20.2. The topological polar surface area (TPSA) is 81.8 Å². The molecule has 176 valence electrons. The zero-order chi connectivity index (χ0) is 23.5. The van der Waals surface area contributed by atoms with Gasteiger partial charge in [-0.1, -0.05) is 32.9 Å². The van der Waals surface area contributed by atoms with Gasteiger partial charge in [-0.05, 0) is 68.6 Å². The van der Waals surface area contributed by atoms with E-state index in [1.165, 1.54) is 5.56 Å². The predicted molar refractivity (Wildman–Crippen MR) is 126 cm³/mol. The maximum Gasteiger partial charge on any atom is 0.325 e. The summed E-state index contributed by atoms with van der Waals surface area (Å²) in [5.74, 6) is -0.0285. The lowest BCUT2D eigenvalue weighted by Crippen LogP contribution is -2.51. The Hall–Kier alpha value is -2.57. The van der Waals surface area contributed by atoms with Crippen molar-refractivity contribution < 1.29 is 14.4 Å². The average Bonchev–Trinajstić information content (AvgIpc) is 2.95. The number of imide groups is 1. The Balaban J connectivity index is 1.51. The van der Waals surface area contributed by atoms with E-state index < -0.39 is 11.6 Å². The van der Waals surface area contributed by atoms with Gasteiger partial charge in [0.2, 0.25) is 5.91 Å². The molecule has 2 N–H and O–H groups in total. The fraction of sp³-hybridized carbons (Fsp3) is 0.640. The average molecular weight is 443 g/mol. The van der Waals surface area contributed by atoms with Crippen molar-refractivity contribution in [2.24, 2.45) is 11.3 Å². The Kier molecular flexibility index (Phi) is 7.16. The fourth-order valence-electron chi connectivity index (χ4n) is 4.96. The van der Waals surface area contributed by atoms with Gasteiger partial charge in [-0.2, -0.15) is 0 Å². The van der Waals surface area contributed by atoms with Gasteiger partial charge in [0.1, 0.15) is 12.1 Å². The van der Waals surface area contributed by atoms with E-state index >= 15 is 0 Å². The minimum atomic E-state index is -0.830. The monoisotopic (exact) mass is 442 g/mol. The Morgan fingerprint density at radius 1 is 1.25 bits per heavy atom. The highest BCUT2D eigenvalue weighted by molar-refractivity contribution is 6.09. The molecule has 0 atom stereocenters. The van der Waals surface area contributed by atoms with Crippen LogP contribution in [0, 0.1) is 18.3 Å². The largest absolute Gasteiger partial charge is 0.370 e. The number of rotatable bonds is 7. The Morgan fingerprint density at radius 2 is 1.94 bits per heavy atom. The molecular weight excluding hydrogens is 404 g/mol. The number of aryl methyl sites for hydroxylation is 1. The van der Waals surface area contributed by atoms with Crippen LogP contribution >= 0.6 is 0 Å². The normalized spacial score (nSPS) is 23.4. The molecule has 2 aliphatic rings. The van der Waals surface area contributed by atoms with Crippen molar-refractivity contribution in [3.05, 3.63) is 29.8 Å². The molecule has 1 aromatic rings. The molecule has 1 heterocycles. The van der Waals surface area contributed by atoms with Crippen molar-refractivity contribution in [2.45, 2.75) is 65.8 Å². The van der Waals surface area contributed by atoms with E-state index in [-0.39, 0.29) is 23.8 Å². The molecule has 0 aromatic heterocycles. The molecule has 1 saturated carbocycles. The summed E-state index contributed by atoms with van der Waals surface area (Å²) >= 11 is 0. The molecule has 3 rings (SSSR count). The fourth-order valence-corrected chi connectivity index (χ4v) is 4.96. The summed E-state index contributed by atoms with van der Waals surface area (Å²) in [6.07, 6.45) is 3.09. The number of hydrogen-bond acceptors (Lipinski definition) is 4. The molecule has 0 unspecified atom stereocenters. The summed E-state index contributed by atoms with van der Waals surface area (Å²) in [4.78, 5) is 41.4. The molecule has 1 aromatic carbocycles. The molecule has 7 nitrogen and oxygen atoms in total. The SMILES string of the molecule is CCN(CCNC(=O)CN1C(=O)NC2(CCC(C(C)(C)C)CC2)C1=O)c1cccc(C)c1. The van der Waals surface area contributed by atoms with E-state index in [0.717, 1.165) is 30.0 Å². The smallest absolute Gasteiger partial charge is 0.325 e. The quantitative estimate of drug-likeness (QED) is 0.634. The third kappa shape index (κ3) is 5.25. The van der Waals surface area contributed by atoms with Gasteiger partial charge < -0.3 is 15.5 Å². The van der Waals surface area contributed by atoms with Gasteiger partial charge in [0, 0.05) is 25.3 Å². The molecule has 1 saturated heterocycles. The first-order valence-electron chi connectivity index (χ1n) is 11.8. The predicted octanol–water partition coefficient (Wildman–Crippen LogP) is 3.46. The maximum atomic E-state index is 13.1. The maximum absolute atomic E-state index is 13.1. The van der Waals surface area contributed by atoms with E-state index in [1.807, 2.05) is 6.07 Å². The summed E-state index contributed by atoms with van der Waals surface area (Å²) in [5, 5.41) is 5.77. The number of carbonyl (C=O) groups is 3. The van der Waals surface area contributed by atoms with Gasteiger partial charge in [-0.3, -0.25) is 14.5 Å². The van der Waals surface area contributed by atoms with Crippen LogP contribution in [0.25, 0.3) is 0 Å². The third-order valence-corrected chi connectivity index (χ3v) is 7.06. The van der Waals surface area contributed by atoms with Crippen molar-refractivity contribution in [2.75, 3.05) is 31.1 Å². The molecule has 0 bridgehead atoms. The van der Waals surface area contributed by atoms with Crippen molar-refractivity contribution in [3.8, 4) is 0 Å². The number of carbonyl (C=O) groups excluding carboxylic acids is 3. The summed E-state index contributed by atoms with van der Waals surface area (Å²) in [5.41, 5.74) is 1.67. The van der Waals surface area contributed by atoms with Crippen LogP contribution < -0.4 is 15.5 Å². The first kappa shape index (κ1) is 24.1. The van der Waals surface area contributed by atoms with Crippen LogP contribution in [0.15, 0.2) is 24.3 Å². The van der Waals surface area contributed by atoms with Crippen LogP contribution in [0.3, 0.4) is 0 Å². The number of nitrogens with zero attached hydrogens (tertiary/aromatic N) is 2. The molecule has 2 fully saturated rings. The number of hydrogen-bond donors (Lipinski definition) is 2. The van der Waals surface area contributed by atoms with Crippen molar-refractivity contribution in [1.29, 1.82) is 0 Å². The number of nitrogens with one attached hydrogen (secondary N) is 2. The number of urea groups is 1. The summed E-state index contributed by atoms with van der Waals surface area (Å²) in [6.45, 7) is 12.5. The van der Waals surface area contributed by atoms with Crippen LogP contribution in [0.2, 0.25) is 0 Å². The second-order valence-electron chi connectivity index (χ2n) is 10.3. The number of likely N-dealkylation sites (N-methyl/N-ethyl adjacent to an activating group) is 1. The first-order chi connectivity index (χ1) is 15.1. The summed E-state index contributed by atoms with van der Waals surface area (Å²) in [7, 11) is 0. The van der Waals surface area contributed by atoms with Gasteiger partial charge in [0.05, 0.1) is 0 Å². The Bertz CT molecular complexity index is 853. The third-order valence-electron chi connectivity index (χ3n) is 7.06. The molecular formula is C25H38N4O3. The van der Waals surface area contributed by atoms with Crippen molar-refractivity contribution in [3.63, 3.8) is 0 Å². The van der Waals surface area contributed by atoms with E-state index in [2.05, 4.69) is 68.4 Å². The van der Waals surface area contributed by atoms with Gasteiger partial charge in [0.15, 0.2) is 0 Å². The van der Waals surface area contributed by atoms with Crippen LogP contribution in [0.4, 0.5) is 10.5 Å². The van der Waals surface area contributed by atoms with E-state index in [4.69, 9.17) is 0 Å². The highest BCUT2D eigenvalue weighted by atomic mass is 16.2. The highest BCUT2D eigenvalue weighted by Gasteiger charge is 2.53. The van der Waals surface area contributed by atoms with Crippen LogP contribution in [0.1, 0.15) is 58.9 Å². The number of benzene rings is 1. The summed E-state index contributed by atoms with van der Waals surface area (Å²) < 4.78 is 0. The van der Waals surface area contributed by atoms with E-state index in [9.17, 15) is 14.4 Å². The van der Waals surface area contributed by atoms with Crippen LogP contribution in [0.5, 0.6) is 0 Å². The molecule has 0 radical (unpaired) electrons. The van der Waals surface area contributed by atoms with Crippen LogP contribution in [-0.2, 0) is 9.59 Å². The molecule has 32 heavy (non-hydrogen) atoms. The van der Waals surface area contributed by atoms with Gasteiger partial charge in [0.25, 0.3) is 5.91 Å². The number of amides is 4. The van der Waals surface area contributed by atoms with Gasteiger partial charge in [-0.15, -0.1) is 0 Å². The molecule has 1 aliphatic heterocycles. The van der Waals surface area contributed by atoms with Crippen LogP contribution in [-0.4, -0.2) is 54.5 Å². The zero-order valence-corrected chi connectivity index (χ0v) is 20.2. The molecule has 7 heteroatoms. The minimum Gasteiger partial charge on any atom is -0.370 e. The Morgan fingerprint density at radius 3 is 2.53 bits per heavy atom. The van der Waals surface area contributed by atoms with Gasteiger partial charge in [-0.25, -0.2) is 4.79 Å².